The molecule has 3 atom stereocenters. The molecule has 4 rings (SSSR count). The summed E-state index contributed by atoms with van der Waals surface area (Å²) in [5, 5.41) is 11.1. The van der Waals surface area contributed by atoms with Crippen LogP contribution in [0.1, 0.15) is 30.9 Å². The Morgan fingerprint density at radius 1 is 0.923 bits per heavy atom. The fraction of sp³-hybridized carbons (Fsp3) is 0.348. The molecule has 0 saturated heterocycles. The molecule has 0 spiro atoms. The second kappa shape index (κ2) is 5.90. The molecule has 3 heteroatoms. The Morgan fingerprint density at radius 3 is 2.00 bits per heavy atom. The average molecular weight is 347 g/mol. The Morgan fingerprint density at radius 2 is 1.46 bits per heavy atom. The summed E-state index contributed by atoms with van der Waals surface area (Å²) >= 11 is 0. The lowest BCUT2D eigenvalue weighted by Gasteiger charge is -2.41. The smallest absolute Gasteiger partial charge is 0.172 e. The van der Waals surface area contributed by atoms with Crippen molar-refractivity contribution in [2.45, 2.75) is 30.9 Å². The Balaban J connectivity index is 2.06. The van der Waals surface area contributed by atoms with Crippen molar-refractivity contribution >= 4 is 16.9 Å². The van der Waals surface area contributed by atoms with E-state index < -0.39 is 17.1 Å². The van der Waals surface area contributed by atoms with Crippen LogP contribution in [0, 0.1) is 5.92 Å². The number of likely N-dealkylation sites (N-methyl/N-ethyl adjacent to an activating group) is 1. The van der Waals surface area contributed by atoms with Gasteiger partial charge in [-0.05, 0) is 50.6 Å². The van der Waals surface area contributed by atoms with E-state index in [-0.39, 0.29) is 5.78 Å². The first-order valence-corrected chi connectivity index (χ1v) is 9.19. The number of allylic oxidation sites excluding steroid dienone is 1. The standard InChI is InChI=1S/C23H25NO2/c1-22(26)14-15-23(24(2)3)19(17-12-8-5-9-13-17)18(20(25)21(22)23)16-10-6-4-7-11-16/h4-13,21,26H,14-15H2,1-3H3/t21?,22-,23-/m1/s1. The van der Waals surface area contributed by atoms with Crippen molar-refractivity contribution in [2.75, 3.05) is 14.1 Å². The monoisotopic (exact) mass is 347 g/mol. The van der Waals surface area contributed by atoms with Crippen LogP contribution >= 0.6 is 0 Å². The van der Waals surface area contributed by atoms with Crippen LogP contribution in [0.25, 0.3) is 11.1 Å². The quantitative estimate of drug-likeness (QED) is 0.921. The van der Waals surface area contributed by atoms with Crippen LogP contribution < -0.4 is 0 Å². The maximum absolute atomic E-state index is 13.7. The molecule has 3 nitrogen and oxygen atoms in total. The zero-order valence-electron chi connectivity index (χ0n) is 15.6. The highest BCUT2D eigenvalue weighted by molar-refractivity contribution is 6.34. The number of fused-ring (bicyclic) bond motifs is 1. The summed E-state index contributed by atoms with van der Waals surface area (Å²) in [5.74, 6) is -0.387. The Bertz CT molecular complexity index is 868. The number of hydrogen-bond acceptors (Lipinski definition) is 3. The van der Waals surface area contributed by atoms with Crippen molar-refractivity contribution in [3.05, 3.63) is 71.8 Å². The van der Waals surface area contributed by atoms with Crippen LogP contribution in [0.15, 0.2) is 60.7 Å². The Labute approximate surface area is 155 Å². The highest BCUT2D eigenvalue weighted by Gasteiger charge is 2.65. The molecule has 0 aliphatic heterocycles. The van der Waals surface area contributed by atoms with E-state index >= 15 is 0 Å². The van der Waals surface area contributed by atoms with Crippen LogP contribution in [0.3, 0.4) is 0 Å². The predicted molar refractivity (Wildman–Crippen MR) is 104 cm³/mol. The van der Waals surface area contributed by atoms with E-state index in [4.69, 9.17) is 0 Å². The summed E-state index contributed by atoms with van der Waals surface area (Å²) in [7, 11) is 4.05. The highest BCUT2D eigenvalue weighted by atomic mass is 16.3. The topological polar surface area (TPSA) is 40.5 Å². The van der Waals surface area contributed by atoms with Gasteiger partial charge in [0, 0.05) is 5.57 Å². The third-order valence-electron chi connectivity index (χ3n) is 6.23. The fourth-order valence-corrected chi connectivity index (χ4v) is 5.10. The van der Waals surface area contributed by atoms with E-state index in [1.807, 2.05) is 69.6 Å². The van der Waals surface area contributed by atoms with Crippen molar-refractivity contribution in [3.8, 4) is 0 Å². The van der Waals surface area contributed by atoms with Gasteiger partial charge >= 0.3 is 0 Å². The van der Waals surface area contributed by atoms with Crippen LogP contribution in [0.5, 0.6) is 0 Å². The molecule has 2 aromatic carbocycles. The van der Waals surface area contributed by atoms with Crippen LogP contribution in [0.2, 0.25) is 0 Å². The lowest BCUT2D eigenvalue weighted by atomic mass is 9.77. The lowest BCUT2D eigenvalue weighted by molar-refractivity contribution is -0.126. The van der Waals surface area contributed by atoms with E-state index in [1.54, 1.807) is 0 Å². The summed E-state index contributed by atoms with van der Waals surface area (Å²) < 4.78 is 0. The third kappa shape index (κ3) is 2.24. The van der Waals surface area contributed by atoms with Gasteiger partial charge in [-0.3, -0.25) is 9.69 Å². The van der Waals surface area contributed by atoms with E-state index in [1.165, 1.54) is 0 Å². The number of aliphatic hydroxyl groups is 1. The molecule has 134 valence electrons. The fourth-order valence-electron chi connectivity index (χ4n) is 5.10. The molecule has 1 unspecified atom stereocenters. The molecular formula is C23H25NO2. The highest BCUT2D eigenvalue weighted by Crippen LogP contribution is 2.60. The maximum atomic E-state index is 13.7. The number of nitrogens with zero attached hydrogens (tertiary/aromatic N) is 1. The van der Waals surface area contributed by atoms with Gasteiger partial charge in [0.1, 0.15) is 0 Å². The minimum atomic E-state index is -1.00. The SMILES string of the molecule is CN(C)[C@@]12CC[C@@](C)(O)C1C(=O)C(c1ccccc1)=C2c1ccccc1. The molecule has 1 N–H and O–H groups in total. The molecule has 0 aromatic heterocycles. The zero-order chi connectivity index (χ0) is 18.5. The summed E-state index contributed by atoms with van der Waals surface area (Å²) in [6, 6.07) is 20.1. The first-order chi connectivity index (χ1) is 12.4. The van der Waals surface area contributed by atoms with Gasteiger partial charge in [-0.15, -0.1) is 0 Å². The Kier molecular flexibility index (Phi) is 3.90. The first-order valence-electron chi connectivity index (χ1n) is 9.19. The van der Waals surface area contributed by atoms with Gasteiger partial charge in [-0.25, -0.2) is 0 Å². The summed E-state index contributed by atoms with van der Waals surface area (Å²) in [6.45, 7) is 1.82. The van der Waals surface area contributed by atoms with E-state index in [0.717, 1.165) is 28.7 Å². The van der Waals surface area contributed by atoms with Crippen molar-refractivity contribution in [1.82, 2.24) is 4.90 Å². The van der Waals surface area contributed by atoms with Crippen molar-refractivity contribution in [3.63, 3.8) is 0 Å². The van der Waals surface area contributed by atoms with Gasteiger partial charge in [-0.2, -0.15) is 0 Å². The van der Waals surface area contributed by atoms with Crippen molar-refractivity contribution in [2.24, 2.45) is 5.92 Å². The minimum Gasteiger partial charge on any atom is -0.389 e. The molecule has 0 bridgehead atoms. The largest absolute Gasteiger partial charge is 0.389 e. The average Bonchev–Trinajstić information content (AvgIpc) is 3.08. The summed E-state index contributed by atoms with van der Waals surface area (Å²) in [6.07, 6.45) is 1.39. The van der Waals surface area contributed by atoms with Crippen molar-refractivity contribution in [1.29, 1.82) is 0 Å². The number of Topliss-reactive ketones (excluding diaryl/α,β-unsaturated/α-hetero) is 1. The number of ketones is 1. The van der Waals surface area contributed by atoms with Gasteiger partial charge in [0.15, 0.2) is 5.78 Å². The lowest BCUT2D eigenvalue weighted by Crippen LogP contribution is -2.52. The zero-order valence-corrected chi connectivity index (χ0v) is 15.6. The number of rotatable bonds is 3. The van der Waals surface area contributed by atoms with Gasteiger partial charge in [0.05, 0.1) is 17.1 Å². The summed E-state index contributed by atoms with van der Waals surface area (Å²) in [5.41, 5.74) is 2.33. The van der Waals surface area contributed by atoms with E-state index in [0.29, 0.717) is 6.42 Å². The van der Waals surface area contributed by atoms with Crippen LogP contribution in [-0.2, 0) is 4.79 Å². The molecule has 0 radical (unpaired) electrons. The van der Waals surface area contributed by atoms with Gasteiger partial charge in [0.2, 0.25) is 0 Å². The second-order valence-electron chi connectivity index (χ2n) is 7.96. The molecule has 1 fully saturated rings. The van der Waals surface area contributed by atoms with Gasteiger partial charge in [0.25, 0.3) is 0 Å². The number of carbonyl (C=O) groups is 1. The van der Waals surface area contributed by atoms with Crippen molar-refractivity contribution < 1.29 is 9.90 Å². The van der Waals surface area contributed by atoms with Gasteiger partial charge < -0.3 is 5.11 Å². The number of hydrogen-bond donors (Lipinski definition) is 1. The maximum Gasteiger partial charge on any atom is 0.172 e. The molecule has 2 aliphatic rings. The molecule has 1 saturated carbocycles. The van der Waals surface area contributed by atoms with Crippen LogP contribution in [0.4, 0.5) is 0 Å². The van der Waals surface area contributed by atoms with Gasteiger partial charge in [-0.1, -0.05) is 60.7 Å². The predicted octanol–water partition coefficient (Wildman–Crippen LogP) is 3.64. The van der Waals surface area contributed by atoms with E-state index in [9.17, 15) is 9.90 Å². The Hall–Kier alpha value is -2.23. The number of carbonyl (C=O) groups excluding carboxylic acids is 1. The molecule has 26 heavy (non-hydrogen) atoms. The third-order valence-corrected chi connectivity index (χ3v) is 6.23. The summed E-state index contributed by atoms with van der Waals surface area (Å²) in [4.78, 5) is 15.8. The van der Waals surface area contributed by atoms with Crippen LogP contribution in [-0.4, -0.2) is 41.0 Å². The molecule has 2 aromatic rings. The van der Waals surface area contributed by atoms with E-state index in [2.05, 4.69) is 17.0 Å². The molecule has 2 aliphatic carbocycles. The number of benzene rings is 2. The molecular weight excluding hydrogens is 322 g/mol. The normalized spacial score (nSPS) is 31.0. The molecule has 0 amide bonds. The minimum absolute atomic E-state index is 0.0613. The first kappa shape index (κ1) is 17.2. The molecule has 0 heterocycles. The second-order valence-corrected chi connectivity index (χ2v) is 7.96.